The lowest BCUT2D eigenvalue weighted by atomic mass is 10.2. The molecule has 1 saturated heterocycles. The number of halogens is 1. The molecule has 1 N–H and O–H groups in total. The normalized spacial score (nSPS) is 17.3. The number of rotatable bonds is 4. The van der Waals surface area contributed by atoms with Crippen LogP contribution in [0.1, 0.15) is 12.5 Å². The van der Waals surface area contributed by atoms with Gasteiger partial charge in [0.15, 0.2) is 16.7 Å². The highest BCUT2D eigenvalue weighted by molar-refractivity contribution is 14.1. The Kier molecular flexibility index (Phi) is 5.87. The molecule has 0 aliphatic carbocycles. The number of amides is 1. The smallest absolute Gasteiger partial charge is 0.266 e. The van der Waals surface area contributed by atoms with Gasteiger partial charge in [-0.1, -0.05) is 18.2 Å². The topological polar surface area (TPSA) is 62.1 Å². The standard InChI is InChI=1S/C19H17IN2O3S/c1-3-22-18(24)16(26-19(22)21-13-7-5-4-6-8-13)11-12-9-14(20)17(23)15(10-12)25-2/h4-11,23H,3H2,1-2H3/b16-11-,21-19+. The van der Waals surface area contributed by atoms with Gasteiger partial charge in [0.25, 0.3) is 5.91 Å². The Balaban J connectivity index is 1.97. The van der Waals surface area contributed by atoms with Gasteiger partial charge in [0, 0.05) is 6.54 Å². The minimum absolute atomic E-state index is 0.0748. The highest BCUT2D eigenvalue weighted by Crippen LogP contribution is 2.37. The van der Waals surface area contributed by atoms with Crippen LogP contribution in [0.3, 0.4) is 0 Å². The molecule has 0 spiro atoms. The summed E-state index contributed by atoms with van der Waals surface area (Å²) in [5.74, 6) is 0.404. The second-order valence-electron chi connectivity index (χ2n) is 5.44. The van der Waals surface area contributed by atoms with Gasteiger partial charge in [-0.05, 0) is 77.2 Å². The molecule has 0 bridgehead atoms. The van der Waals surface area contributed by atoms with E-state index in [4.69, 9.17) is 4.74 Å². The highest BCUT2D eigenvalue weighted by Gasteiger charge is 2.32. The molecule has 134 valence electrons. The summed E-state index contributed by atoms with van der Waals surface area (Å²) in [7, 11) is 1.50. The number of nitrogens with zero attached hydrogens (tertiary/aromatic N) is 2. The lowest BCUT2D eigenvalue weighted by Gasteiger charge is -2.11. The van der Waals surface area contributed by atoms with E-state index in [1.54, 1.807) is 17.0 Å². The zero-order valence-corrected chi connectivity index (χ0v) is 17.2. The molecular formula is C19H17IN2O3S. The van der Waals surface area contributed by atoms with Crippen LogP contribution >= 0.6 is 34.4 Å². The van der Waals surface area contributed by atoms with Crippen LogP contribution in [0.5, 0.6) is 11.5 Å². The summed E-state index contributed by atoms with van der Waals surface area (Å²) in [6, 6.07) is 13.1. The van der Waals surface area contributed by atoms with E-state index in [0.29, 0.717) is 25.9 Å². The number of hydrogen-bond donors (Lipinski definition) is 1. The van der Waals surface area contributed by atoms with Crippen LogP contribution in [0, 0.1) is 3.57 Å². The van der Waals surface area contributed by atoms with Gasteiger partial charge in [-0.15, -0.1) is 0 Å². The molecule has 5 nitrogen and oxygen atoms in total. The maximum absolute atomic E-state index is 12.7. The first-order chi connectivity index (χ1) is 12.5. The van der Waals surface area contributed by atoms with Crippen molar-refractivity contribution in [2.45, 2.75) is 6.92 Å². The van der Waals surface area contributed by atoms with Crippen molar-refractivity contribution in [1.82, 2.24) is 4.90 Å². The average molecular weight is 480 g/mol. The van der Waals surface area contributed by atoms with E-state index in [0.717, 1.165) is 11.3 Å². The Bertz CT molecular complexity index is 897. The maximum Gasteiger partial charge on any atom is 0.266 e. The number of aromatic hydroxyl groups is 1. The van der Waals surface area contributed by atoms with E-state index < -0.39 is 0 Å². The van der Waals surface area contributed by atoms with Crippen molar-refractivity contribution in [3.63, 3.8) is 0 Å². The van der Waals surface area contributed by atoms with Crippen molar-refractivity contribution < 1.29 is 14.6 Å². The number of ether oxygens (including phenoxy) is 1. The van der Waals surface area contributed by atoms with Crippen LogP contribution in [0.15, 0.2) is 52.4 Å². The van der Waals surface area contributed by atoms with E-state index in [-0.39, 0.29) is 11.7 Å². The molecule has 1 amide bonds. The fourth-order valence-corrected chi connectivity index (χ4v) is 4.16. The third kappa shape index (κ3) is 3.88. The first-order valence-electron chi connectivity index (χ1n) is 7.95. The average Bonchev–Trinajstić information content (AvgIpc) is 2.93. The number of methoxy groups -OCH3 is 1. The molecule has 3 rings (SSSR count). The predicted molar refractivity (Wildman–Crippen MR) is 114 cm³/mol. The van der Waals surface area contributed by atoms with Gasteiger partial charge in [0.1, 0.15) is 0 Å². The summed E-state index contributed by atoms with van der Waals surface area (Å²) in [4.78, 5) is 19.6. The van der Waals surface area contributed by atoms with Crippen molar-refractivity contribution in [2.75, 3.05) is 13.7 Å². The monoisotopic (exact) mass is 480 g/mol. The number of amidine groups is 1. The Hall–Kier alpha value is -2.00. The molecule has 2 aromatic carbocycles. The molecule has 26 heavy (non-hydrogen) atoms. The summed E-state index contributed by atoms with van der Waals surface area (Å²) < 4.78 is 5.85. The fourth-order valence-electron chi connectivity index (χ4n) is 2.47. The SMILES string of the molecule is CCN1C(=O)/C(=C/c2cc(I)c(O)c(OC)c2)S/C1=N/c1ccccc1. The van der Waals surface area contributed by atoms with Crippen molar-refractivity contribution in [1.29, 1.82) is 0 Å². The van der Waals surface area contributed by atoms with Crippen LogP contribution < -0.4 is 4.74 Å². The third-order valence-electron chi connectivity index (χ3n) is 3.75. The number of carbonyl (C=O) groups is 1. The fraction of sp³-hybridized carbons (Fsp3) is 0.158. The first-order valence-corrected chi connectivity index (χ1v) is 9.84. The molecular weight excluding hydrogens is 463 g/mol. The van der Waals surface area contributed by atoms with Gasteiger partial charge in [-0.2, -0.15) is 0 Å². The molecule has 7 heteroatoms. The number of phenols is 1. The lowest BCUT2D eigenvalue weighted by molar-refractivity contribution is -0.122. The van der Waals surface area contributed by atoms with Crippen molar-refractivity contribution >= 4 is 57.2 Å². The number of hydrogen-bond acceptors (Lipinski definition) is 5. The lowest BCUT2D eigenvalue weighted by Crippen LogP contribution is -2.28. The van der Waals surface area contributed by atoms with E-state index in [9.17, 15) is 9.90 Å². The number of thioether (sulfide) groups is 1. The summed E-state index contributed by atoms with van der Waals surface area (Å²) in [5.41, 5.74) is 1.60. The van der Waals surface area contributed by atoms with Gasteiger partial charge in [0.2, 0.25) is 0 Å². The second-order valence-corrected chi connectivity index (χ2v) is 7.61. The molecule has 1 heterocycles. The largest absolute Gasteiger partial charge is 0.504 e. The molecule has 0 unspecified atom stereocenters. The minimum Gasteiger partial charge on any atom is -0.504 e. The van der Waals surface area contributed by atoms with Gasteiger partial charge < -0.3 is 9.84 Å². The molecule has 0 radical (unpaired) electrons. The van der Waals surface area contributed by atoms with Crippen LogP contribution in [0.4, 0.5) is 5.69 Å². The van der Waals surface area contributed by atoms with Crippen LogP contribution in [-0.2, 0) is 4.79 Å². The van der Waals surface area contributed by atoms with E-state index in [1.807, 2.05) is 65.9 Å². The summed E-state index contributed by atoms with van der Waals surface area (Å²) >= 11 is 3.38. The number of phenolic OH excluding ortho intramolecular Hbond substituents is 1. The van der Waals surface area contributed by atoms with Gasteiger partial charge in [0.05, 0.1) is 21.3 Å². The number of aliphatic imine (C=N–C) groups is 1. The molecule has 1 aliphatic rings. The molecule has 1 fully saturated rings. The Morgan fingerprint density at radius 3 is 2.69 bits per heavy atom. The van der Waals surface area contributed by atoms with E-state index in [2.05, 4.69) is 4.99 Å². The van der Waals surface area contributed by atoms with Crippen LogP contribution in [0.25, 0.3) is 6.08 Å². The third-order valence-corrected chi connectivity index (χ3v) is 5.58. The zero-order chi connectivity index (χ0) is 18.7. The second kappa shape index (κ2) is 8.13. The molecule has 0 aromatic heterocycles. The number of para-hydroxylation sites is 1. The van der Waals surface area contributed by atoms with Crippen molar-refractivity contribution in [3.8, 4) is 11.5 Å². The van der Waals surface area contributed by atoms with Gasteiger partial charge in [-0.3, -0.25) is 9.69 Å². The first kappa shape index (κ1) is 18.8. The number of likely N-dealkylation sites (N-methyl/N-ethyl adjacent to an activating group) is 1. The van der Waals surface area contributed by atoms with Gasteiger partial charge in [-0.25, -0.2) is 4.99 Å². The summed E-state index contributed by atoms with van der Waals surface area (Å²) in [5, 5.41) is 10.6. The zero-order valence-electron chi connectivity index (χ0n) is 14.3. The predicted octanol–water partition coefficient (Wildman–Crippen LogP) is 4.63. The Morgan fingerprint density at radius 1 is 1.31 bits per heavy atom. The van der Waals surface area contributed by atoms with Crippen LogP contribution in [-0.4, -0.2) is 34.7 Å². The maximum atomic E-state index is 12.7. The van der Waals surface area contributed by atoms with E-state index >= 15 is 0 Å². The summed E-state index contributed by atoms with van der Waals surface area (Å²) in [6.45, 7) is 2.47. The molecule has 0 saturated carbocycles. The Labute approximate surface area is 169 Å². The van der Waals surface area contributed by atoms with Crippen molar-refractivity contribution in [2.24, 2.45) is 4.99 Å². The Morgan fingerprint density at radius 2 is 2.04 bits per heavy atom. The van der Waals surface area contributed by atoms with Gasteiger partial charge >= 0.3 is 0 Å². The number of carbonyl (C=O) groups excluding carboxylic acids is 1. The molecule has 0 atom stereocenters. The molecule has 2 aromatic rings. The molecule has 1 aliphatic heterocycles. The summed E-state index contributed by atoms with van der Waals surface area (Å²) in [6.07, 6.45) is 1.80. The number of benzene rings is 2. The minimum atomic E-state index is -0.0748. The quantitative estimate of drug-likeness (QED) is 0.512. The van der Waals surface area contributed by atoms with Crippen LogP contribution in [0.2, 0.25) is 0 Å². The highest BCUT2D eigenvalue weighted by atomic mass is 127. The van der Waals surface area contributed by atoms with E-state index in [1.165, 1.54) is 18.9 Å². The van der Waals surface area contributed by atoms with Crippen molar-refractivity contribution in [3.05, 3.63) is 56.5 Å².